The molecule has 0 amide bonds. The molecule has 0 spiro atoms. The summed E-state index contributed by atoms with van der Waals surface area (Å²) in [5, 5.41) is 0. The van der Waals surface area contributed by atoms with Crippen molar-refractivity contribution in [1.29, 1.82) is 0 Å². The van der Waals surface area contributed by atoms with E-state index in [-0.39, 0.29) is 17.3 Å². The average Bonchev–Trinajstić information content (AvgIpc) is 2.09. The van der Waals surface area contributed by atoms with Crippen LogP contribution in [-0.2, 0) is 0 Å². The minimum absolute atomic E-state index is 0.148. The zero-order valence-electron chi connectivity index (χ0n) is 7.34. The Morgan fingerprint density at radius 2 is 2.15 bits per heavy atom. The third-order valence-electron chi connectivity index (χ3n) is 1.70. The fourth-order valence-corrected chi connectivity index (χ4v) is 0.935. The number of anilines is 1. The van der Waals surface area contributed by atoms with E-state index in [1.165, 1.54) is 7.11 Å². The second-order valence-electron chi connectivity index (χ2n) is 2.57. The number of nitrogens with zero attached hydrogens (tertiary/aromatic N) is 1. The Labute approximate surface area is 74.5 Å². The first-order chi connectivity index (χ1) is 6.06. The summed E-state index contributed by atoms with van der Waals surface area (Å²) in [5.41, 5.74) is 5.96. The van der Waals surface area contributed by atoms with E-state index in [9.17, 15) is 8.78 Å². The van der Waals surface area contributed by atoms with Gasteiger partial charge in [-0.15, -0.1) is 0 Å². The lowest BCUT2D eigenvalue weighted by molar-refractivity contribution is 0.145. The minimum Gasteiger partial charge on any atom is -0.481 e. The number of ether oxygens (including phenoxy) is 1. The van der Waals surface area contributed by atoms with Gasteiger partial charge in [0, 0.05) is 11.3 Å². The lowest BCUT2D eigenvalue weighted by Gasteiger charge is -2.08. The van der Waals surface area contributed by atoms with Crippen molar-refractivity contribution in [3.8, 4) is 5.88 Å². The van der Waals surface area contributed by atoms with Crippen molar-refractivity contribution in [1.82, 2.24) is 4.98 Å². The van der Waals surface area contributed by atoms with Crippen molar-refractivity contribution >= 4 is 5.69 Å². The molecule has 0 saturated carbocycles. The zero-order chi connectivity index (χ0) is 10.0. The summed E-state index contributed by atoms with van der Waals surface area (Å²) < 4.78 is 29.2. The molecule has 1 rings (SSSR count). The molecule has 5 heteroatoms. The molecule has 0 aliphatic heterocycles. The Morgan fingerprint density at radius 3 is 2.62 bits per heavy atom. The van der Waals surface area contributed by atoms with Crippen molar-refractivity contribution in [2.45, 2.75) is 13.3 Å². The van der Waals surface area contributed by atoms with Crippen LogP contribution in [0.2, 0.25) is 0 Å². The van der Waals surface area contributed by atoms with Gasteiger partial charge in [0.15, 0.2) is 0 Å². The molecule has 1 aromatic rings. The Bertz CT molecular complexity index is 315. The maximum absolute atomic E-state index is 12.2. The topological polar surface area (TPSA) is 48.1 Å². The van der Waals surface area contributed by atoms with E-state index >= 15 is 0 Å². The van der Waals surface area contributed by atoms with Gasteiger partial charge in [0.05, 0.1) is 7.11 Å². The van der Waals surface area contributed by atoms with Crippen molar-refractivity contribution in [2.24, 2.45) is 0 Å². The van der Waals surface area contributed by atoms with Gasteiger partial charge in [-0.25, -0.2) is 13.8 Å². The Balaban J connectivity index is 3.22. The van der Waals surface area contributed by atoms with Crippen LogP contribution in [0, 0.1) is 6.92 Å². The van der Waals surface area contributed by atoms with Crippen LogP contribution in [0.3, 0.4) is 0 Å². The van der Waals surface area contributed by atoms with Gasteiger partial charge in [-0.05, 0) is 13.0 Å². The summed E-state index contributed by atoms with van der Waals surface area (Å²) in [6, 6.07) is 1.16. The normalized spacial score (nSPS) is 10.5. The number of methoxy groups -OCH3 is 1. The molecule has 1 aromatic heterocycles. The molecule has 13 heavy (non-hydrogen) atoms. The summed E-state index contributed by atoms with van der Waals surface area (Å²) in [5.74, 6) is 0.148. The van der Waals surface area contributed by atoms with Crippen molar-refractivity contribution in [3.63, 3.8) is 0 Å². The number of alkyl halides is 2. The average molecular weight is 188 g/mol. The van der Waals surface area contributed by atoms with Gasteiger partial charge < -0.3 is 10.5 Å². The number of nitrogens with two attached hydrogens (primary N) is 1. The third kappa shape index (κ3) is 1.85. The van der Waals surface area contributed by atoms with E-state index in [4.69, 9.17) is 10.5 Å². The maximum atomic E-state index is 12.2. The predicted octanol–water partition coefficient (Wildman–Crippen LogP) is 1.92. The molecule has 2 N–H and O–H groups in total. The lowest BCUT2D eigenvalue weighted by Crippen LogP contribution is -2.01. The Kier molecular flexibility index (Phi) is 2.65. The molecule has 1 heterocycles. The monoisotopic (exact) mass is 188 g/mol. The highest BCUT2D eigenvalue weighted by Gasteiger charge is 2.13. The Hall–Kier alpha value is -1.39. The number of halogens is 2. The predicted molar refractivity (Wildman–Crippen MR) is 44.9 cm³/mol. The first-order valence-corrected chi connectivity index (χ1v) is 3.65. The van der Waals surface area contributed by atoms with E-state index in [0.717, 1.165) is 6.07 Å². The van der Waals surface area contributed by atoms with E-state index in [1.54, 1.807) is 6.92 Å². The maximum Gasteiger partial charge on any atom is 0.280 e. The molecular formula is C8H10F2N2O. The van der Waals surface area contributed by atoms with E-state index < -0.39 is 6.43 Å². The van der Waals surface area contributed by atoms with E-state index in [1.807, 2.05) is 0 Å². The highest BCUT2D eigenvalue weighted by atomic mass is 19.3. The summed E-state index contributed by atoms with van der Waals surface area (Å²) in [6.45, 7) is 1.66. The van der Waals surface area contributed by atoms with Crippen LogP contribution in [0.15, 0.2) is 6.07 Å². The van der Waals surface area contributed by atoms with Crippen molar-refractivity contribution in [2.75, 3.05) is 12.8 Å². The van der Waals surface area contributed by atoms with Crippen molar-refractivity contribution < 1.29 is 13.5 Å². The molecule has 0 fully saturated rings. The molecular weight excluding hydrogens is 178 g/mol. The fourth-order valence-electron chi connectivity index (χ4n) is 0.935. The van der Waals surface area contributed by atoms with Crippen LogP contribution in [0.1, 0.15) is 17.7 Å². The number of pyridine rings is 1. The van der Waals surface area contributed by atoms with Gasteiger partial charge in [-0.3, -0.25) is 0 Å². The quantitative estimate of drug-likeness (QED) is 0.771. The second-order valence-corrected chi connectivity index (χ2v) is 2.57. The van der Waals surface area contributed by atoms with Gasteiger partial charge in [0.25, 0.3) is 6.43 Å². The smallest absolute Gasteiger partial charge is 0.280 e. The third-order valence-corrected chi connectivity index (χ3v) is 1.70. The number of aromatic nitrogens is 1. The van der Waals surface area contributed by atoms with Crippen LogP contribution in [0.25, 0.3) is 0 Å². The molecule has 0 radical (unpaired) electrons. The van der Waals surface area contributed by atoms with Gasteiger partial charge in [-0.2, -0.15) is 0 Å². The van der Waals surface area contributed by atoms with Gasteiger partial charge in [-0.1, -0.05) is 0 Å². The summed E-state index contributed by atoms with van der Waals surface area (Å²) in [6.07, 6.45) is -2.63. The van der Waals surface area contributed by atoms with Crippen LogP contribution >= 0.6 is 0 Å². The van der Waals surface area contributed by atoms with Gasteiger partial charge in [0.2, 0.25) is 5.88 Å². The van der Waals surface area contributed by atoms with E-state index in [2.05, 4.69) is 4.98 Å². The fraction of sp³-hybridized carbons (Fsp3) is 0.375. The summed E-state index contributed by atoms with van der Waals surface area (Å²) in [7, 11) is 1.37. The first kappa shape index (κ1) is 9.70. The number of hydrogen-bond acceptors (Lipinski definition) is 3. The second kappa shape index (κ2) is 3.55. The standard InChI is InChI=1S/C8H10F2N2O/c1-4-5(11)3-6(7(9)10)12-8(4)13-2/h3,7H,1-2H3,(H2,11,12). The van der Waals surface area contributed by atoms with Crippen LogP contribution < -0.4 is 10.5 Å². The molecule has 3 nitrogen and oxygen atoms in total. The van der Waals surface area contributed by atoms with Crippen LogP contribution in [0.5, 0.6) is 5.88 Å². The SMILES string of the molecule is COc1nc(C(F)F)cc(N)c1C. The number of hydrogen-bond donors (Lipinski definition) is 1. The molecule has 0 bridgehead atoms. The molecule has 0 aliphatic carbocycles. The molecule has 0 atom stereocenters. The highest BCUT2D eigenvalue weighted by Crippen LogP contribution is 2.26. The van der Waals surface area contributed by atoms with Gasteiger partial charge >= 0.3 is 0 Å². The molecule has 0 unspecified atom stereocenters. The van der Waals surface area contributed by atoms with Crippen molar-refractivity contribution in [3.05, 3.63) is 17.3 Å². The summed E-state index contributed by atoms with van der Waals surface area (Å²) >= 11 is 0. The Morgan fingerprint density at radius 1 is 1.54 bits per heavy atom. The molecule has 0 aliphatic rings. The number of rotatable bonds is 2. The number of nitrogen functional groups attached to an aromatic ring is 1. The largest absolute Gasteiger partial charge is 0.481 e. The van der Waals surface area contributed by atoms with E-state index in [0.29, 0.717) is 5.56 Å². The lowest BCUT2D eigenvalue weighted by atomic mass is 10.2. The minimum atomic E-state index is -2.63. The first-order valence-electron chi connectivity index (χ1n) is 3.65. The summed E-state index contributed by atoms with van der Waals surface area (Å²) in [4.78, 5) is 3.60. The van der Waals surface area contributed by atoms with Crippen LogP contribution in [0.4, 0.5) is 14.5 Å². The molecule has 0 aromatic carbocycles. The molecule has 72 valence electrons. The highest BCUT2D eigenvalue weighted by molar-refractivity contribution is 5.51. The zero-order valence-corrected chi connectivity index (χ0v) is 7.34. The van der Waals surface area contributed by atoms with Gasteiger partial charge in [0.1, 0.15) is 5.69 Å². The molecule has 0 saturated heterocycles. The van der Waals surface area contributed by atoms with Crippen LogP contribution in [-0.4, -0.2) is 12.1 Å².